The lowest BCUT2D eigenvalue weighted by atomic mass is 10.3. The first kappa shape index (κ1) is 18.1. The maximum absolute atomic E-state index is 11.4. The number of hydrogen-bond donors (Lipinski definition) is 1. The molecule has 0 aliphatic carbocycles. The van der Waals surface area contributed by atoms with Crippen molar-refractivity contribution in [2.24, 2.45) is 4.99 Å². The van der Waals surface area contributed by atoms with E-state index in [1.54, 1.807) is 20.8 Å². The van der Waals surface area contributed by atoms with Gasteiger partial charge in [-0.1, -0.05) is 6.58 Å². The van der Waals surface area contributed by atoms with Gasteiger partial charge in [-0.25, -0.2) is 4.79 Å². The Morgan fingerprint density at radius 1 is 1.15 bits per heavy atom. The number of hydrogen-bond acceptors (Lipinski definition) is 5. The normalized spacial score (nSPS) is 10.8. The summed E-state index contributed by atoms with van der Waals surface area (Å²) >= 11 is 0. The summed E-state index contributed by atoms with van der Waals surface area (Å²) in [6.45, 7) is 10.5. The summed E-state index contributed by atoms with van der Waals surface area (Å²) in [5.41, 5.74) is 0.376. The molecular weight excluding hydrogens is 260 g/mol. The molecule has 0 spiro atoms. The van der Waals surface area contributed by atoms with Gasteiger partial charge in [0.15, 0.2) is 5.76 Å². The van der Waals surface area contributed by atoms with E-state index in [2.05, 4.69) is 16.9 Å². The number of nitrogens with zero attached hydrogens (tertiary/aromatic N) is 1. The van der Waals surface area contributed by atoms with Crippen LogP contribution in [0.15, 0.2) is 17.3 Å². The van der Waals surface area contributed by atoms with E-state index in [1.807, 2.05) is 0 Å². The Balaban J connectivity index is 3.72. The molecule has 0 saturated carbocycles. The van der Waals surface area contributed by atoms with E-state index in [4.69, 9.17) is 9.47 Å². The lowest BCUT2D eigenvalue weighted by Crippen LogP contribution is -2.26. The molecule has 0 rings (SSSR count). The van der Waals surface area contributed by atoms with Crippen LogP contribution < -0.4 is 5.32 Å². The van der Waals surface area contributed by atoms with E-state index >= 15 is 0 Å². The van der Waals surface area contributed by atoms with Gasteiger partial charge < -0.3 is 14.8 Å². The third kappa shape index (κ3) is 8.29. The number of nitrogens with one attached hydrogen (secondary N) is 1. The third-order valence-electron chi connectivity index (χ3n) is 2.36. The van der Waals surface area contributed by atoms with Crippen molar-refractivity contribution in [3.8, 4) is 0 Å². The van der Waals surface area contributed by atoms with Gasteiger partial charge in [0.2, 0.25) is 0 Å². The Morgan fingerprint density at radius 3 is 2.40 bits per heavy atom. The summed E-state index contributed by atoms with van der Waals surface area (Å²) in [7, 11) is 0. The highest BCUT2D eigenvalue weighted by Crippen LogP contribution is 1.95. The van der Waals surface area contributed by atoms with Crippen LogP contribution in [0.3, 0.4) is 0 Å². The molecule has 0 aromatic heterocycles. The average molecular weight is 284 g/mol. The smallest absolute Gasteiger partial charge is 0.351 e. The number of esters is 1. The molecule has 1 N–H and O–H groups in total. The quantitative estimate of drug-likeness (QED) is 0.217. The van der Waals surface area contributed by atoms with Gasteiger partial charge >= 0.3 is 5.97 Å². The fourth-order valence-electron chi connectivity index (χ4n) is 1.32. The van der Waals surface area contributed by atoms with Gasteiger partial charge in [-0.2, -0.15) is 0 Å². The molecule has 0 radical (unpaired) electrons. The Kier molecular flexibility index (Phi) is 10.00. The number of carbonyl (C=O) groups is 2. The molecule has 0 aliphatic heterocycles. The zero-order chi connectivity index (χ0) is 15.4. The fraction of sp³-hybridized carbons (Fsp3) is 0.643. The highest BCUT2D eigenvalue weighted by atomic mass is 16.5. The first-order chi connectivity index (χ1) is 9.52. The second-order valence-electron chi connectivity index (χ2n) is 4.01. The maximum Gasteiger partial charge on any atom is 0.351 e. The number of carbonyl (C=O) groups excluding carboxylic acids is 2. The van der Waals surface area contributed by atoms with Crippen LogP contribution in [-0.2, 0) is 19.1 Å². The highest BCUT2D eigenvalue weighted by molar-refractivity contribution is 6.35. The number of rotatable bonds is 10. The molecule has 0 atom stereocenters. The SMILES string of the molecule is C=C(OCC)C(=O)NCCCCN=C(C)C(=O)OCC. The van der Waals surface area contributed by atoms with E-state index in [9.17, 15) is 9.59 Å². The minimum atomic E-state index is -0.381. The highest BCUT2D eigenvalue weighted by Gasteiger charge is 2.06. The molecule has 0 aromatic carbocycles. The second-order valence-corrected chi connectivity index (χ2v) is 4.01. The molecule has 0 saturated heterocycles. The second kappa shape index (κ2) is 11.0. The first-order valence-corrected chi connectivity index (χ1v) is 6.81. The van der Waals surface area contributed by atoms with Gasteiger partial charge in [0.1, 0.15) is 5.71 Å². The number of unbranched alkanes of at least 4 members (excludes halogenated alkanes) is 1. The Bertz CT molecular complexity index is 364. The van der Waals surface area contributed by atoms with Crippen molar-refractivity contribution >= 4 is 17.6 Å². The van der Waals surface area contributed by atoms with Crippen molar-refractivity contribution in [3.63, 3.8) is 0 Å². The van der Waals surface area contributed by atoms with Crippen LogP contribution in [0.4, 0.5) is 0 Å². The summed E-state index contributed by atoms with van der Waals surface area (Å²) in [4.78, 5) is 26.8. The van der Waals surface area contributed by atoms with Gasteiger partial charge in [-0.3, -0.25) is 9.79 Å². The molecule has 0 aliphatic rings. The van der Waals surface area contributed by atoms with Crippen molar-refractivity contribution in [1.29, 1.82) is 0 Å². The summed E-state index contributed by atoms with van der Waals surface area (Å²) in [6.07, 6.45) is 1.54. The van der Waals surface area contributed by atoms with Crippen LogP contribution in [0.5, 0.6) is 0 Å². The van der Waals surface area contributed by atoms with Gasteiger partial charge in [0.05, 0.1) is 13.2 Å². The van der Waals surface area contributed by atoms with E-state index in [-0.39, 0.29) is 17.6 Å². The zero-order valence-electron chi connectivity index (χ0n) is 12.5. The molecule has 0 heterocycles. The Labute approximate surface area is 120 Å². The van der Waals surface area contributed by atoms with E-state index in [0.717, 1.165) is 12.8 Å². The zero-order valence-corrected chi connectivity index (χ0v) is 12.5. The van der Waals surface area contributed by atoms with Crippen molar-refractivity contribution in [2.45, 2.75) is 33.6 Å². The molecule has 20 heavy (non-hydrogen) atoms. The van der Waals surface area contributed by atoms with Crippen molar-refractivity contribution in [1.82, 2.24) is 5.32 Å². The maximum atomic E-state index is 11.4. The summed E-state index contributed by atoms with van der Waals surface area (Å²) < 4.78 is 9.80. The van der Waals surface area contributed by atoms with Crippen LogP contribution in [0.1, 0.15) is 33.6 Å². The van der Waals surface area contributed by atoms with Crippen LogP contribution >= 0.6 is 0 Å². The summed E-state index contributed by atoms with van der Waals surface area (Å²) in [5, 5.41) is 2.69. The standard InChI is InChI=1S/C14H24N2O4/c1-5-19-12(4)13(17)16-10-8-7-9-15-11(3)14(18)20-6-2/h4-10H2,1-3H3,(H,16,17). The molecule has 1 amide bonds. The third-order valence-corrected chi connectivity index (χ3v) is 2.36. The molecule has 0 unspecified atom stereocenters. The van der Waals surface area contributed by atoms with Crippen molar-refractivity contribution in [3.05, 3.63) is 12.3 Å². The summed E-state index contributed by atoms with van der Waals surface area (Å²) in [6, 6.07) is 0. The molecule has 0 aromatic rings. The average Bonchev–Trinajstić information content (AvgIpc) is 2.42. The van der Waals surface area contributed by atoms with Crippen molar-refractivity contribution in [2.75, 3.05) is 26.3 Å². The molecular formula is C14H24N2O4. The first-order valence-electron chi connectivity index (χ1n) is 6.81. The lowest BCUT2D eigenvalue weighted by molar-refractivity contribution is -0.135. The predicted octanol–water partition coefficient (Wildman–Crippen LogP) is 1.46. The van der Waals surface area contributed by atoms with Gasteiger partial charge in [0.25, 0.3) is 5.91 Å². The molecule has 6 nitrogen and oxygen atoms in total. The van der Waals surface area contributed by atoms with E-state index in [0.29, 0.717) is 32.0 Å². The van der Waals surface area contributed by atoms with Crippen LogP contribution in [0.2, 0.25) is 0 Å². The van der Waals surface area contributed by atoms with Crippen molar-refractivity contribution < 1.29 is 19.1 Å². The predicted molar refractivity (Wildman–Crippen MR) is 77.6 cm³/mol. The van der Waals surface area contributed by atoms with Gasteiger partial charge in [0, 0.05) is 13.1 Å². The summed E-state index contributed by atoms with van der Waals surface area (Å²) in [5.74, 6) is -0.546. The Morgan fingerprint density at radius 2 is 1.80 bits per heavy atom. The molecule has 6 heteroatoms. The molecule has 0 bridgehead atoms. The Hall–Kier alpha value is -1.85. The van der Waals surface area contributed by atoms with Crippen LogP contribution in [0.25, 0.3) is 0 Å². The molecule has 114 valence electrons. The molecule has 0 fully saturated rings. The van der Waals surface area contributed by atoms with E-state index < -0.39 is 0 Å². The minimum Gasteiger partial charge on any atom is -0.489 e. The topological polar surface area (TPSA) is 77.0 Å². The monoisotopic (exact) mass is 284 g/mol. The number of amides is 1. The van der Waals surface area contributed by atoms with Gasteiger partial charge in [-0.15, -0.1) is 0 Å². The fourth-order valence-corrected chi connectivity index (χ4v) is 1.32. The number of ether oxygens (including phenoxy) is 2. The van der Waals surface area contributed by atoms with E-state index in [1.165, 1.54) is 0 Å². The minimum absolute atomic E-state index is 0.128. The van der Waals surface area contributed by atoms with Crippen LogP contribution in [0, 0.1) is 0 Å². The lowest BCUT2D eigenvalue weighted by Gasteiger charge is -2.07. The largest absolute Gasteiger partial charge is 0.489 e. The van der Waals surface area contributed by atoms with Crippen LogP contribution in [-0.4, -0.2) is 43.9 Å². The van der Waals surface area contributed by atoms with Gasteiger partial charge in [-0.05, 0) is 33.6 Å². The number of aliphatic imine (C=N–C) groups is 1.